The van der Waals surface area contributed by atoms with Gasteiger partial charge in [0, 0.05) is 16.8 Å². The normalized spacial score (nSPS) is 11.4. The van der Waals surface area contributed by atoms with E-state index in [2.05, 4.69) is 15.3 Å². The van der Waals surface area contributed by atoms with Gasteiger partial charge in [0.05, 0.1) is 11.3 Å². The van der Waals surface area contributed by atoms with Crippen molar-refractivity contribution < 1.29 is 18.0 Å². The summed E-state index contributed by atoms with van der Waals surface area (Å²) in [6, 6.07) is 7.79. The predicted octanol–water partition coefficient (Wildman–Crippen LogP) is 4.71. The quantitative estimate of drug-likeness (QED) is 0.669. The summed E-state index contributed by atoms with van der Waals surface area (Å²) in [5.74, 6) is -0.778. The zero-order valence-corrected chi connectivity index (χ0v) is 14.4. The van der Waals surface area contributed by atoms with Crippen LogP contribution in [0.15, 0.2) is 42.6 Å². The lowest BCUT2D eigenvalue weighted by Gasteiger charge is -2.09. The average molecular weight is 399 g/mol. The molecule has 0 unspecified atom stereocenters. The second-order valence-corrected chi connectivity index (χ2v) is 6.59. The smallest absolute Gasteiger partial charge is 0.389 e. The number of nitrogens with two attached hydrogens (primary N) is 1. The summed E-state index contributed by atoms with van der Waals surface area (Å²) in [5.41, 5.74) is 5.54. The third kappa shape index (κ3) is 3.94. The molecular formula is C16H10ClF3N4OS. The van der Waals surface area contributed by atoms with Gasteiger partial charge in [-0.2, -0.15) is 13.2 Å². The highest BCUT2D eigenvalue weighted by Crippen LogP contribution is 2.34. The van der Waals surface area contributed by atoms with E-state index in [0.717, 1.165) is 29.5 Å². The summed E-state index contributed by atoms with van der Waals surface area (Å²) in [6.07, 6.45) is -3.05. The third-order valence-electron chi connectivity index (χ3n) is 3.27. The van der Waals surface area contributed by atoms with Crippen molar-refractivity contribution in [2.45, 2.75) is 6.18 Å². The molecule has 10 heteroatoms. The van der Waals surface area contributed by atoms with Crippen LogP contribution in [0.25, 0.3) is 11.4 Å². The maximum absolute atomic E-state index is 12.9. The van der Waals surface area contributed by atoms with Crippen molar-refractivity contribution in [3.63, 3.8) is 0 Å². The SMILES string of the molecule is Nc1sc(NC(=O)c2cc(Cl)cc(C(F)(F)F)c2)nc1-c1ccccn1. The van der Waals surface area contributed by atoms with E-state index in [1.807, 2.05) is 0 Å². The third-order valence-corrected chi connectivity index (χ3v) is 4.29. The predicted molar refractivity (Wildman–Crippen MR) is 94.2 cm³/mol. The summed E-state index contributed by atoms with van der Waals surface area (Å²) in [7, 11) is 0. The number of pyridine rings is 1. The van der Waals surface area contributed by atoms with Crippen molar-refractivity contribution in [2.75, 3.05) is 11.1 Å². The number of alkyl halides is 3. The van der Waals surface area contributed by atoms with Gasteiger partial charge in [0.25, 0.3) is 5.91 Å². The Hall–Kier alpha value is -2.65. The van der Waals surface area contributed by atoms with Crippen LogP contribution in [0.1, 0.15) is 15.9 Å². The lowest BCUT2D eigenvalue weighted by Crippen LogP contribution is -2.14. The fourth-order valence-electron chi connectivity index (χ4n) is 2.13. The Morgan fingerprint density at radius 1 is 1.23 bits per heavy atom. The monoisotopic (exact) mass is 398 g/mol. The number of anilines is 2. The van der Waals surface area contributed by atoms with Crippen LogP contribution in [-0.2, 0) is 6.18 Å². The zero-order chi connectivity index (χ0) is 18.9. The molecule has 0 spiro atoms. The largest absolute Gasteiger partial charge is 0.416 e. The van der Waals surface area contributed by atoms with Crippen LogP contribution in [0.4, 0.5) is 23.3 Å². The molecule has 0 bridgehead atoms. The molecule has 3 N–H and O–H groups in total. The van der Waals surface area contributed by atoms with Gasteiger partial charge < -0.3 is 5.73 Å². The number of thiazole rings is 1. The summed E-state index contributed by atoms with van der Waals surface area (Å²) in [5, 5.41) is 2.69. The van der Waals surface area contributed by atoms with Gasteiger partial charge in [-0.05, 0) is 30.3 Å². The number of carbonyl (C=O) groups excluding carboxylic acids is 1. The van der Waals surface area contributed by atoms with Gasteiger partial charge in [-0.1, -0.05) is 29.0 Å². The summed E-state index contributed by atoms with van der Waals surface area (Å²) in [4.78, 5) is 20.6. The van der Waals surface area contributed by atoms with Crippen LogP contribution in [0.3, 0.4) is 0 Å². The number of nitrogens with zero attached hydrogens (tertiary/aromatic N) is 2. The fourth-order valence-corrected chi connectivity index (χ4v) is 3.10. The molecule has 1 aromatic carbocycles. The van der Waals surface area contributed by atoms with E-state index in [1.165, 1.54) is 0 Å². The first-order valence-electron chi connectivity index (χ1n) is 7.11. The minimum Gasteiger partial charge on any atom is -0.389 e. The maximum Gasteiger partial charge on any atom is 0.416 e. The van der Waals surface area contributed by atoms with Crippen molar-refractivity contribution in [1.82, 2.24) is 9.97 Å². The van der Waals surface area contributed by atoms with E-state index < -0.39 is 17.6 Å². The maximum atomic E-state index is 12.9. The number of rotatable bonds is 3. The molecule has 0 radical (unpaired) electrons. The molecule has 0 aliphatic heterocycles. The fraction of sp³-hybridized carbons (Fsp3) is 0.0625. The first-order chi connectivity index (χ1) is 12.2. The molecule has 3 rings (SSSR count). The number of nitrogens with one attached hydrogen (secondary N) is 1. The Labute approximate surface area is 154 Å². The van der Waals surface area contributed by atoms with Gasteiger partial charge in [0.2, 0.25) is 0 Å². The minimum atomic E-state index is -4.61. The summed E-state index contributed by atoms with van der Waals surface area (Å²) in [6.45, 7) is 0. The lowest BCUT2D eigenvalue weighted by atomic mass is 10.1. The number of hydrogen-bond acceptors (Lipinski definition) is 5. The van der Waals surface area contributed by atoms with Crippen LogP contribution in [-0.4, -0.2) is 15.9 Å². The molecule has 1 amide bonds. The molecular weight excluding hydrogens is 389 g/mol. The van der Waals surface area contributed by atoms with Gasteiger partial charge in [-0.3, -0.25) is 15.1 Å². The Morgan fingerprint density at radius 3 is 2.65 bits per heavy atom. The van der Waals surface area contributed by atoms with Crippen LogP contribution in [0, 0.1) is 0 Å². The standard InChI is InChI=1S/C16H10ClF3N4OS/c17-10-6-8(5-9(7-10)16(18,19)20)14(25)24-15-23-12(13(21)26-15)11-3-1-2-4-22-11/h1-7H,21H2,(H,23,24,25). The number of benzene rings is 1. The number of halogens is 4. The second-order valence-electron chi connectivity index (χ2n) is 5.13. The van der Waals surface area contributed by atoms with Crippen molar-refractivity contribution in [3.05, 3.63) is 58.7 Å². The summed E-state index contributed by atoms with van der Waals surface area (Å²) >= 11 is 6.68. The molecule has 26 heavy (non-hydrogen) atoms. The summed E-state index contributed by atoms with van der Waals surface area (Å²) < 4.78 is 38.6. The average Bonchev–Trinajstić information content (AvgIpc) is 2.94. The van der Waals surface area contributed by atoms with Gasteiger partial charge in [0.1, 0.15) is 10.7 Å². The molecule has 3 aromatic rings. The van der Waals surface area contributed by atoms with E-state index in [0.29, 0.717) is 16.4 Å². The van der Waals surface area contributed by atoms with Gasteiger partial charge in [-0.25, -0.2) is 4.98 Å². The minimum absolute atomic E-state index is 0.140. The number of nitrogen functional groups attached to an aromatic ring is 1. The highest BCUT2D eigenvalue weighted by molar-refractivity contribution is 7.20. The highest BCUT2D eigenvalue weighted by atomic mass is 35.5. The van der Waals surface area contributed by atoms with Crippen molar-refractivity contribution in [3.8, 4) is 11.4 Å². The van der Waals surface area contributed by atoms with Crippen LogP contribution in [0.2, 0.25) is 5.02 Å². The first-order valence-corrected chi connectivity index (χ1v) is 8.30. The molecule has 0 aliphatic rings. The van der Waals surface area contributed by atoms with E-state index in [1.54, 1.807) is 24.4 Å². The van der Waals surface area contributed by atoms with Gasteiger partial charge in [-0.15, -0.1) is 0 Å². The molecule has 0 saturated carbocycles. The van der Waals surface area contributed by atoms with E-state index in [4.69, 9.17) is 17.3 Å². The molecule has 0 fully saturated rings. The van der Waals surface area contributed by atoms with Crippen molar-refractivity contribution in [1.29, 1.82) is 0 Å². The molecule has 134 valence electrons. The molecule has 0 saturated heterocycles. The van der Waals surface area contributed by atoms with E-state index in [9.17, 15) is 18.0 Å². The van der Waals surface area contributed by atoms with Crippen LogP contribution >= 0.6 is 22.9 Å². The van der Waals surface area contributed by atoms with Crippen LogP contribution < -0.4 is 11.1 Å². The number of hydrogen-bond donors (Lipinski definition) is 2. The zero-order valence-electron chi connectivity index (χ0n) is 12.8. The van der Waals surface area contributed by atoms with E-state index in [-0.39, 0.29) is 15.7 Å². The van der Waals surface area contributed by atoms with Crippen LogP contribution in [0.5, 0.6) is 0 Å². The molecule has 2 heterocycles. The Kier molecular flexibility index (Phi) is 4.84. The molecule has 0 aliphatic carbocycles. The highest BCUT2D eigenvalue weighted by Gasteiger charge is 2.31. The molecule has 5 nitrogen and oxygen atoms in total. The van der Waals surface area contributed by atoms with Crippen molar-refractivity contribution >= 4 is 39.0 Å². The number of carbonyl (C=O) groups is 1. The molecule has 2 aromatic heterocycles. The Balaban J connectivity index is 1.86. The topological polar surface area (TPSA) is 80.9 Å². The van der Waals surface area contributed by atoms with Gasteiger partial charge in [0.15, 0.2) is 5.13 Å². The number of aromatic nitrogens is 2. The lowest BCUT2D eigenvalue weighted by molar-refractivity contribution is -0.137. The number of amides is 1. The van der Waals surface area contributed by atoms with Gasteiger partial charge >= 0.3 is 6.18 Å². The van der Waals surface area contributed by atoms with Crippen molar-refractivity contribution in [2.24, 2.45) is 0 Å². The Morgan fingerprint density at radius 2 is 2.00 bits per heavy atom. The second kappa shape index (κ2) is 6.93. The molecule has 0 atom stereocenters. The van der Waals surface area contributed by atoms with E-state index >= 15 is 0 Å². The Bertz CT molecular complexity index is 960. The first kappa shape index (κ1) is 18.2.